The molecule has 3 N–H and O–H groups in total. The molecule has 7 nitrogen and oxygen atoms in total. The topological polar surface area (TPSA) is 105 Å². The number of carboxylic acid groups (broad SMARTS) is 1. The Morgan fingerprint density at radius 3 is 2.60 bits per heavy atom. The Balaban J connectivity index is 2.43. The fourth-order valence-electron chi connectivity index (χ4n) is 1.30. The number of benzene rings is 1. The summed E-state index contributed by atoms with van der Waals surface area (Å²) in [5, 5.41) is 12.9. The average Bonchev–Trinajstić information content (AvgIpc) is 2.38. The summed E-state index contributed by atoms with van der Waals surface area (Å²) in [6, 6.07) is 6.43. The number of nitrogens with one attached hydrogen (secondary N) is 2. The predicted octanol–water partition coefficient (Wildman–Crippen LogP) is 1.16. The highest BCUT2D eigenvalue weighted by atomic mass is 32.2. The third kappa shape index (κ3) is 5.72. The Labute approximate surface area is 119 Å². The van der Waals surface area contributed by atoms with Crippen LogP contribution in [0.5, 0.6) is 0 Å². The maximum absolute atomic E-state index is 11.6. The van der Waals surface area contributed by atoms with Crippen LogP contribution in [0.3, 0.4) is 0 Å². The molecule has 0 aromatic heterocycles. The van der Waals surface area contributed by atoms with Crippen molar-refractivity contribution in [2.24, 2.45) is 0 Å². The van der Waals surface area contributed by atoms with Gasteiger partial charge in [-0.05, 0) is 18.4 Å². The number of para-hydroxylation sites is 1. The van der Waals surface area contributed by atoms with Gasteiger partial charge in [0.1, 0.15) is 13.2 Å². The second-order valence-corrected chi connectivity index (χ2v) is 4.44. The van der Waals surface area contributed by atoms with Crippen molar-refractivity contribution >= 4 is 35.4 Å². The summed E-state index contributed by atoms with van der Waals surface area (Å²) in [4.78, 5) is 33.9. The van der Waals surface area contributed by atoms with Gasteiger partial charge in [0.05, 0.1) is 5.69 Å². The molecule has 0 unspecified atom stereocenters. The lowest BCUT2D eigenvalue weighted by molar-refractivity contribution is -0.143. The largest absolute Gasteiger partial charge is 0.480 e. The van der Waals surface area contributed by atoms with Gasteiger partial charge >= 0.3 is 12.0 Å². The molecule has 3 amide bonds. The number of rotatable bonds is 6. The number of aliphatic carboxylic acids is 1. The first-order chi connectivity index (χ1) is 9.52. The van der Waals surface area contributed by atoms with Gasteiger partial charge in [0, 0.05) is 4.90 Å². The molecule has 0 saturated carbocycles. The van der Waals surface area contributed by atoms with Crippen LogP contribution < -0.4 is 10.6 Å². The van der Waals surface area contributed by atoms with Crippen molar-refractivity contribution in [2.75, 3.05) is 24.8 Å². The van der Waals surface area contributed by atoms with E-state index in [1.807, 2.05) is 23.7 Å². The predicted molar refractivity (Wildman–Crippen MR) is 73.8 cm³/mol. The van der Waals surface area contributed by atoms with Crippen LogP contribution in [0.4, 0.5) is 10.5 Å². The first kappa shape index (κ1) is 16.0. The average molecular weight is 298 g/mol. The Bertz CT molecular complexity index is 506. The highest BCUT2D eigenvalue weighted by molar-refractivity contribution is 7.98. The van der Waals surface area contributed by atoms with Crippen LogP contribution in [-0.2, 0) is 14.3 Å². The molecule has 0 atom stereocenters. The molecule has 8 heteroatoms. The number of imide groups is 1. The zero-order valence-corrected chi connectivity index (χ0v) is 11.5. The molecule has 20 heavy (non-hydrogen) atoms. The number of carboxylic acids is 1. The van der Waals surface area contributed by atoms with E-state index in [4.69, 9.17) is 5.11 Å². The van der Waals surface area contributed by atoms with E-state index in [2.05, 4.69) is 10.1 Å². The van der Waals surface area contributed by atoms with Crippen LogP contribution in [-0.4, -0.2) is 42.5 Å². The number of amides is 3. The maximum atomic E-state index is 11.6. The summed E-state index contributed by atoms with van der Waals surface area (Å²) >= 11 is 1.46. The van der Waals surface area contributed by atoms with Crippen molar-refractivity contribution in [2.45, 2.75) is 4.90 Å². The molecule has 0 heterocycles. The number of urea groups is 1. The molecular weight excluding hydrogens is 284 g/mol. The van der Waals surface area contributed by atoms with Gasteiger partial charge in [-0.3, -0.25) is 10.1 Å². The standard InChI is InChI=1S/C12H14N2O5S/c1-20-9-5-3-2-4-8(9)13-12(18)14-10(15)6-19-7-11(16)17/h2-5H,6-7H2,1H3,(H,16,17)(H2,13,14,15,18). The van der Waals surface area contributed by atoms with Crippen molar-refractivity contribution in [1.29, 1.82) is 0 Å². The number of hydrogen-bond acceptors (Lipinski definition) is 5. The number of anilines is 1. The van der Waals surface area contributed by atoms with Gasteiger partial charge in [-0.15, -0.1) is 11.8 Å². The van der Waals surface area contributed by atoms with Crippen molar-refractivity contribution in [3.05, 3.63) is 24.3 Å². The van der Waals surface area contributed by atoms with Crippen molar-refractivity contribution in [3.63, 3.8) is 0 Å². The van der Waals surface area contributed by atoms with E-state index in [0.717, 1.165) is 4.90 Å². The van der Waals surface area contributed by atoms with Gasteiger partial charge in [0.2, 0.25) is 0 Å². The van der Waals surface area contributed by atoms with E-state index in [9.17, 15) is 14.4 Å². The van der Waals surface area contributed by atoms with Gasteiger partial charge in [0.25, 0.3) is 5.91 Å². The fraction of sp³-hybridized carbons (Fsp3) is 0.250. The lowest BCUT2D eigenvalue weighted by atomic mass is 10.3. The van der Waals surface area contributed by atoms with Crippen molar-refractivity contribution in [1.82, 2.24) is 5.32 Å². The highest BCUT2D eigenvalue weighted by Gasteiger charge is 2.10. The summed E-state index contributed by atoms with van der Waals surface area (Å²) in [5.74, 6) is -1.90. The van der Waals surface area contributed by atoms with Gasteiger partial charge in [-0.25, -0.2) is 9.59 Å². The van der Waals surface area contributed by atoms with Crippen LogP contribution in [0, 0.1) is 0 Å². The van der Waals surface area contributed by atoms with Gasteiger partial charge in [-0.1, -0.05) is 12.1 Å². The molecule has 0 aliphatic heterocycles. The molecule has 0 fully saturated rings. The molecule has 1 aromatic carbocycles. The normalized spacial score (nSPS) is 9.85. The molecule has 1 rings (SSSR count). The Morgan fingerprint density at radius 2 is 1.95 bits per heavy atom. The number of thioether (sulfide) groups is 1. The first-order valence-electron chi connectivity index (χ1n) is 5.56. The van der Waals surface area contributed by atoms with Crippen molar-refractivity contribution < 1.29 is 24.2 Å². The first-order valence-corrected chi connectivity index (χ1v) is 6.78. The molecule has 1 aromatic rings. The second-order valence-electron chi connectivity index (χ2n) is 3.59. The number of hydrogen-bond donors (Lipinski definition) is 3. The molecule has 0 spiro atoms. The minimum Gasteiger partial charge on any atom is -0.480 e. The minimum absolute atomic E-state index is 0.496. The van der Waals surface area contributed by atoms with Crippen LogP contribution >= 0.6 is 11.8 Å². The molecule has 0 radical (unpaired) electrons. The lowest BCUT2D eigenvalue weighted by Gasteiger charge is -2.09. The molecule has 0 bridgehead atoms. The quantitative estimate of drug-likeness (QED) is 0.681. The third-order valence-electron chi connectivity index (χ3n) is 2.07. The third-order valence-corrected chi connectivity index (χ3v) is 2.86. The summed E-state index contributed by atoms with van der Waals surface area (Å²) in [7, 11) is 0. The van der Waals surface area contributed by atoms with E-state index < -0.39 is 31.1 Å². The van der Waals surface area contributed by atoms with Crippen molar-refractivity contribution in [3.8, 4) is 0 Å². The number of ether oxygens (including phenoxy) is 1. The molecular formula is C12H14N2O5S. The van der Waals surface area contributed by atoms with E-state index >= 15 is 0 Å². The van der Waals surface area contributed by atoms with E-state index in [1.165, 1.54) is 11.8 Å². The van der Waals surface area contributed by atoms with Gasteiger partial charge < -0.3 is 15.2 Å². The number of carbonyl (C=O) groups excluding carboxylic acids is 2. The smallest absolute Gasteiger partial charge is 0.329 e. The van der Waals surface area contributed by atoms with E-state index in [-0.39, 0.29) is 0 Å². The molecule has 0 aliphatic carbocycles. The Hall–Kier alpha value is -2.06. The maximum Gasteiger partial charge on any atom is 0.329 e. The van der Waals surface area contributed by atoms with E-state index in [0.29, 0.717) is 5.69 Å². The Morgan fingerprint density at radius 1 is 1.25 bits per heavy atom. The monoisotopic (exact) mass is 298 g/mol. The minimum atomic E-state index is -1.18. The summed E-state index contributed by atoms with van der Waals surface area (Å²) in [6.07, 6.45) is 1.86. The van der Waals surface area contributed by atoms with Gasteiger partial charge in [-0.2, -0.15) is 0 Å². The summed E-state index contributed by atoms with van der Waals surface area (Å²) < 4.78 is 4.56. The zero-order valence-electron chi connectivity index (χ0n) is 10.7. The molecule has 108 valence electrons. The SMILES string of the molecule is CSc1ccccc1NC(=O)NC(=O)COCC(=O)O. The van der Waals surface area contributed by atoms with Crippen LogP contribution in [0.2, 0.25) is 0 Å². The fourth-order valence-corrected chi connectivity index (χ4v) is 1.85. The lowest BCUT2D eigenvalue weighted by Crippen LogP contribution is -2.37. The summed E-state index contributed by atoms with van der Waals surface area (Å²) in [5.41, 5.74) is 0.580. The highest BCUT2D eigenvalue weighted by Crippen LogP contribution is 2.24. The molecule has 0 saturated heterocycles. The Kier molecular flexibility index (Phi) is 6.54. The second kappa shape index (κ2) is 8.18. The van der Waals surface area contributed by atoms with Gasteiger partial charge in [0.15, 0.2) is 0 Å². The van der Waals surface area contributed by atoms with Crippen LogP contribution in [0.15, 0.2) is 29.2 Å². The van der Waals surface area contributed by atoms with Crippen LogP contribution in [0.25, 0.3) is 0 Å². The zero-order chi connectivity index (χ0) is 15.0. The molecule has 0 aliphatic rings. The number of carbonyl (C=O) groups is 3. The van der Waals surface area contributed by atoms with E-state index in [1.54, 1.807) is 12.1 Å². The van der Waals surface area contributed by atoms with Crippen LogP contribution in [0.1, 0.15) is 0 Å². The summed E-state index contributed by atoms with van der Waals surface area (Å²) in [6.45, 7) is -1.09.